The number of nitrogens with zero attached hydrogens (tertiary/aromatic N) is 2. The van der Waals surface area contributed by atoms with E-state index in [-0.39, 0.29) is 6.61 Å². The molecule has 0 fully saturated rings. The summed E-state index contributed by atoms with van der Waals surface area (Å²) in [6.45, 7) is 7.17. The number of hydrogen-bond donors (Lipinski definition) is 2. The third-order valence-corrected chi connectivity index (χ3v) is 2.87. The van der Waals surface area contributed by atoms with Gasteiger partial charge in [-0.15, -0.1) is 0 Å². The van der Waals surface area contributed by atoms with Gasteiger partial charge in [-0.05, 0) is 32.6 Å². The highest BCUT2D eigenvalue weighted by molar-refractivity contribution is 5.39. The van der Waals surface area contributed by atoms with Crippen molar-refractivity contribution in [1.82, 2.24) is 9.97 Å². The van der Waals surface area contributed by atoms with Gasteiger partial charge >= 0.3 is 0 Å². The molecule has 0 aliphatic rings. The van der Waals surface area contributed by atoms with Gasteiger partial charge in [0.25, 0.3) is 0 Å². The average molecular weight is 237 g/mol. The molecule has 0 bridgehead atoms. The fourth-order valence-electron chi connectivity index (χ4n) is 1.89. The van der Waals surface area contributed by atoms with Crippen LogP contribution in [0.2, 0.25) is 0 Å². The molecule has 0 saturated carbocycles. The van der Waals surface area contributed by atoms with Crippen molar-refractivity contribution in [2.24, 2.45) is 5.92 Å². The first-order valence-corrected chi connectivity index (χ1v) is 6.32. The monoisotopic (exact) mass is 237 g/mol. The number of aryl methyl sites for hydroxylation is 2. The number of hydrogen-bond acceptors (Lipinski definition) is 4. The molecule has 0 radical (unpaired) electrons. The van der Waals surface area contributed by atoms with Gasteiger partial charge < -0.3 is 10.4 Å². The molecule has 1 unspecified atom stereocenters. The lowest BCUT2D eigenvalue weighted by atomic mass is 10.0. The molecule has 0 aliphatic heterocycles. The summed E-state index contributed by atoms with van der Waals surface area (Å²) in [5.41, 5.74) is 1.85. The van der Waals surface area contributed by atoms with E-state index in [9.17, 15) is 0 Å². The minimum atomic E-state index is 0.255. The molecule has 1 atom stereocenters. The van der Waals surface area contributed by atoms with Crippen molar-refractivity contribution < 1.29 is 5.11 Å². The molecule has 17 heavy (non-hydrogen) atoms. The molecule has 0 saturated heterocycles. The van der Waals surface area contributed by atoms with E-state index in [1.165, 1.54) is 0 Å². The summed E-state index contributed by atoms with van der Waals surface area (Å²) < 4.78 is 0. The Morgan fingerprint density at radius 3 is 2.76 bits per heavy atom. The Kier molecular flexibility index (Phi) is 5.91. The van der Waals surface area contributed by atoms with E-state index in [0.717, 1.165) is 43.0 Å². The first kappa shape index (κ1) is 13.9. The van der Waals surface area contributed by atoms with Crippen LogP contribution < -0.4 is 5.32 Å². The van der Waals surface area contributed by atoms with Crippen LogP contribution in [0.15, 0.2) is 6.20 Å². The summed E-state index contributed by atoms with van der Waals surface area (Å²) in [5.74, 6) is 1.37. The number of aromatic nitrogens is 2. The largest absolute Gasteiger partial charge is 0.396 e. The number of rotatable bonds is 7. The summed E-state index contributed by atoms with van der Waals surface area (Å²) in [5, 5.41) is 12.3. The van der Waals surface area contributed by atoms with Crippen molar-refractivity contribution >= 4 is 5.82 Å². The first-order valence-electron chi connectivity index (χ1n) is 6.32. The molecule has 2 N–H and O–H groups in total. The Hall–Kier alpha value is -1.16. The first-order chi connectivity index (χ1) is 8.17. The molecule has 0 amide bonds. The Bertz CT molecular complexity index is 335. The summed E-state index contributed by atoms with van der Waals surface area (Å²) in [7, 11) is 0. The van der Waals surface area contributed by atoms with Gasteiger partial charge in [0.15, 0.2) is 0 Å². The molecule has 1 rings (SSSR count). The number of aliphatic hydroxyl groups is 1. The number of anilines is 1. The van der Waals surface area contributed by atoms with E-state index in [1.54, 1.807) is 6.20 Å². The van der Waals surface area contributed by atoms with E-state index in [4.69, 9.17) is 5.11 Å². The quantitative estimate of drug-likeness (QED) is 0.764. The lowest BCUT2D eigenvalue weighted by Gasteiger charge is -2.16. The predicted molar refractivity (Wildman–Crippen MR) is 70.1 cm³/mol. The topological polar surface area (TPSA) is 58.0 Å². The zero-order valence-corrected chi connectivity index (χ0v) is 11.0. The average Bonchev–Trinajstić information content (AvgIpc) is 2.30. The van der Waals surface area contributed by atoms with Crippen LogP contribution in [0.1, 0.15) is 37.6 Å². The van der Waals surface area contributed by atoms with E-state index >= 15 is 0 Å². The van der Waals surface area contributed by atoms with Crippen molar-refractivity contribution in [3.8, 4) is 0 Å². The highest BCUT2D eigenvalue weighted by Crippen LogP contribution is 2.14. The van der Waals surface area contributed by atoms with E-state index < -0.39 is 0 Å². The van der Waals surface area contributed by atoms with E-state index in [2.05, 4.69) is 22.2 Å². The normalized spacial score (nSPS) is 12.5. The summed E-state index contributed by atoms with van der Waals surface area (Å²) >= 11 is 0. The summed E-state index contributed by atoms with van der Waals surface area (Å²) in [6.07, 6.45) is 4.90. The maximum absolute atomic E-state index is 9.00. The second kappa shape index (κ2) is 7.22. The second-order valence-electron chi connectivity index (χ2n) is 4.49. The maximum atomic E-state index is 9.00. The van der Waals surface area contributed by atoms with Crippen molar-refractivity contribution in [1.29, 1.82) is 0 Å². The minimum Gasteiger partial charge on any atom is -0.396 e. The smallest absolute Gasteiger partial charge is 0.147 e. The summed E-state index contributed by atoms with van der Waals surface area (Å²) in [6, 6.07) is 0. The fourth-order valence-corrected chi connectivity index (χ4v) is 1.89. The minimum absolute atomic E-state index is 0.255. The van der Waals surface area contributed by atoms with Crippen molar-refractivity contribution in [2.45, 2.75) is 40.0 Å². The molecule has 4 heteroatoms. The lowest BCUT2D eigenvalue weighted by molar-refractivity contribution is 0.255. The van der Waals surface area contributed by atoms with E-state index in [1.807, 2.05) is 13.8 Å². The Morgan fingerprint density at radius 1 is 1.35 bits per heavy atom. The molecular formula is C13H23N3O. The van der Waals surface area contributed by atoms with Gasteiger partial charge in [-0.2, -0.15) is 0 Å². The SMILES string of the molecule is CCCC(CCO)CNc1nc(C)cnc1C. The van der Waals surface area contributed by atoms with Gasteiger partial charge in [-0.1, -0.05) is 13.3 Å². The van der Waals surface area contributed by atoms with Gasteiger partial charge in [-0.25, -0.2) is 4.98 Å². The zero-order chi connectivity index (χ0) is 12.7. The van der Waals surface area contributed by atoms with Crippen molar-refractivity contribution in [3.63, 3.8) is 0 Å². The molecule has 0 spiro atoms. The third kappa shape index (κ3) is 4.69. The number of nitrogens with one attached hydrogen (secondary N) is 1. The van der Waals surface area contributed by atoms with Crippen LogP contribution in [-0.2, 0) is 0 Å². The van der Waals surface area contributed by atoms with E-state index in [0.29, 0.717) is 5.92 Å². The van der Waals surface area contributed by atoms with Crippen molar-refractivity contribution in [2.75, 3.05) is 18.5 Å². The third-order valence-electron chi connectivity index (χ3n) is 2.87. The molecule has 0 aliphatic carbocycles. The summed E-state index contributed by atoms with van der Waals surface area (Å²) in [4.78, 5) is 8.70. The Morgan fingerprint density at radius 2 is 2.12 bits per heavy atom. The Labute approximate surface area is 103 Å². The van der Waals surface area contributed by atoms with Crippen LogP contribution in [0.25, 0.3) is 0 Å². The van der Waals surface area contributed by atoms with Gasteiger partial charge in [0.1, 0.15) is 5.82 Å². The molecule has 1 aromatic rings. The van der Waals surface area contributed by atoms with Crippen LogP contribution in [0, 0.1) is 19.8 Å². The molecule has 0 aromatic carbocycles. The standard InChI is InChI=1S/C13H23N3O/c1-4-5-12(6-7-17)9-15-13-11(3)14-8-10(2)16-13/h8,12,17H,4-7,9H2,1-3H3,(H,15,16). The molecular weight excluding hydrogens is 214 g/mol. The lowest BCUT2D eigenvalue weighted by Crippen LogP contribution is -2.17. The van der Waals surface area contributed by atoms with Crippen LogP contribution in [-0.4, -0.2) is 28.2 Å². The van der Waals surface area contributed by atoms with Gasteiger partial charge in [0.05, 0.1) is 11.4 Å². The van der Waals surface area contributed by atoms with Crippen LogP contribution in [0.4, 0.5) is 5.82 Å². The maximum Gasteiger partial charge on any atom is 0.147 e. The van der Waals surface area contributed by atoms with Crippen LogP contribution in [0.3, 0.4) is 0 Å². The highest BCUT2D eigenvalue weighted by Gasteiger charge is 2.08. The van der Waals surface area contributed by atoms with Gasteiger partial charge in [0.2, 0.25) is 0 Å². The molecule has 1 aromatic heterocycles. The molecule has 1 heterocycles. The second-order valence-corrected chi connectivity index (χ2v) is 4.49. The van der Waals surface area contributed by atoms with Crippen LogP contribution in [0.5, 0.6) is 0 Å². The predicted octanol–water partition coefficient (Wildman–Crippen LogP) is 2.30. The van der Waals surface area contributed by atoms with Gasteiger partial charge in [-0.3, -0.25) is 4.98 Å². The zero-order valence-electron chi connectivity index (χ0n) is 11.0. The van der Waals surface area contributed by atoms with Crippen LogP contribution >= 0.6 is 0 Å². The fraction of sp³-hybridized carbons (Fsp3) is 0.692. The Balaban J connectivity index is 2.55. The molecule has 96 valence electrons. The van der Waals surface area contributed by atoms with Crippen molar-refractivity contribution in [3.05, 3.63) is 17.6 Å². The number of aliphatic hydroxyl groups excluding tert-OH is 1. The highest BCUT2D eigenvalue weighted by atomic mass is 16.3. The van der Waals surface area contributed by atoms with Gasteiger partial charge in [0, 0.05) is 19.3 Å². The molecule has 4 nitrogen and oxygen atoms in total.